The van der Waals surface area contributed by atoms with E-state index in [0.29, 0.717) is 25.3 Å². The van der Waals surface area contributed by atoms with Gasteiger partial charge in [0.15, 0.2) is 0 Å². The van der Waals surface area contributed by atoms with Crippen LogP contribution in [0.1, 0.15) is 26.7 Å². The molecule has 3 N–H and O–H groups in total. The summed E-state index contributed by atoms with van der Waals surface area (Å²) < 4.78 is 0. The van der Waals surface area contributed by atoms with Gasteiger partial charge in [0.2, 0.25) is 11.8 Å². The molecule has 2 amide bonds. The van der Waals surface area contributed by atoms with E-state index in [0.717, 1.165) is 0 Å². The van der Waals surface area contributed by atoms with Crippen molar-refractivity contribution in [2.45, 2.75) is 38.8 Å². The van der Waals surface area contributed by atoms with Crippen LogP contribution >= 0.6 is 12.4 Å². The number of carbonyl (C=O) groups excluding carboxylic acids is 2. The maximum Gasteiger partial charge on any atom is 0.244 e. The maximum atomic E-state index is 11.7. The van der Waals surface area contributed by atoms with E-state index in [1.54, 1.807) is 11.9 Å². The molecule has 0 spiro atoms. The Balaban J connectivity index is 0.00000256. The quantitative estimate of drug-likeness (QED) is 0.757. The molecular formula is C11H22ClN3O2. The van der Waals surface area contributed by atoms with Crippen molar-refractivity contribution < 1.29 is 9.59 Å². The number of nitrogens with one attached hydrogen (secondary N) is 1. The van der Waals surface area contributed by atoms with E-state index in [1.807, 2.05) is 13.8 Å². The Bertz CT molecular complexity index is 284. The number of hydrogen-bond donors (Lipinski definition) is 2. The zero-order valence-electron chi connectivity index (χ0n) is 10.6. The SMILES string of the molecule is CC(C)C[C@H](N)C(=O)NC1CCN(C)C1=O.Cl. The highest BCUT2D eigenvalue weighted by Crippen LogP contribution is 2.09. The molecule has 17 heavy (non-hydrogen) atoms. The lowest BCUT2D eigenvalue weighted by molar-refractivity contribution is -0.132. The van der Waals surface area contributed by atoms with E-state index in [4.69, 9.17) is 5.73 Å². The third-order valence-corrected chi connectivity index (χ3v) is 2.81. The molecule has 100 valence electrons. The molecule has 0 radical (unpaired) electrons. The number of hydrogen-bond acceptors (Lipinski definition) is 3. The average molecular weight is 264 g/mol. The van der Waals surface area contributed by atoms with Crippen molar-refractivity contribution in [1.29, 1.82) is 0 Å². The molecule has 1 aliphatic rings. The van der Waals surface area contributed by atoms with E-state index in [9.17, 15) is 9.59 Å². The summed E-state index contributed by atoms with van der Waals surface area (Å²) in [7, 11) is 1.74. The summed E-state index contributed by atoms with van der Waals surface area (Å²) in [5.41, 5.74) is 5.74. The van der Waals surface area contributed by atoms with Crippen LogP contribution in [0.15, 0.2) is 0 Å². The van der Waals surface area contributed by atoms with Crippen LogP contribution in [0.5, 0.6) is 0 Å². The van der Waals surface area contributed by atoms with Crippen LogP contribution in [0.3, 0.4) is 0 Å². The zero-order chi connectivity index (χ0) is 12.3. The lowest BCUT2D eigenvalue weighted by atomic mass is 10.0. The first-order valence-electron chi connectivity index (χ1n) is 5.72. The van der Waals surface area contributed by atoms with Crippen molar-refractivity contribution in [2.75, 3.05) is 13.6 Å². The van der Waals surface area contributed by atoms with Crippen LogP contribution in [0.4, 0.5) is 0 Å². The number of amides is 2. The van der Waals surface area contributed by atoms with E-state index < -0.39 is 6.04 Å². The summed E-state index contributed by atoms with van der Waals surface area (Å²) in [4.78, 5) is 24.9. The van der Waals surface area contributed by atoms with Gasteiger partial charge in [-0.05, 0) is 18.8 Å². The summed E-state index contributed by atoms with van der Waals surface area (Å²) in [5.74, 6) is 0.134. The number of halogens is 1. The summed E-state index contributed by atoms with van der Waals surface area (Å²) >= 11 is 0. The molecule has 1 rings (SSSR count). The topological polar surface area (TPSA) is 75.4 Å². The smallest absolute Gasteiger partial charge is 0.244 e. The zero-order valence-corrected chi connectivity index (χ0v) is 11.4. The van der Waals surface area contributed by atoms with Gasteiger partial charge >= 0.3 is 0 Å². The molecule has 0 bridgehead atoms. The Hall–Kier alpha value is -0.810. The Labute approximate surface area is 109 Å². The van der Waals surface area contributed by atoms with Gasteiger partial charge in [-0.15, -0.1) is 12.4 Å². The van der Waals surface area contributed by atoms with Gasteiger partial charge in [-0.25, -0.2) is 0 Å². The second-order valence-electron chi connectivity index (χ2n) is 4.85. The molecule has 0 aromatic heterocycles. The first-order valence-corrected chi connectivity index (χ1v) is 5.72. The average Bonchev–Trinajstić information content (AvgIpc) is 2.48. The van der Waals surface area contributed by atoms with Crippen LogP contribution in [-0.2, 0) is 9.59 Å². The number of likely N-dealkylation sites (N-methyl/N-ethyl adjacent to an activating group) is 1. The third-order valence-electron chi connectivity index (χ3n) is 2.81. The van der Waals surface area contributed by atoms with Crippen molar-refractivity contribution in [3.8, 4) is 0 Å². The first kappa shape index (κ1) is 16.2. The predicted octanol–water partition coefficient (Wildman–Crippen LogP) is 0.129. The van der Waals surface area contributed by atoms with Gasteiger partial charge in [-0.3, -0.25) is 9.59 Å². The van der Waals surface area contributed by atoms with E-state index >= 15 is 0 Å². The third kappa shape index (κ3) is 4.52. The van der Waals surface area contributed by atoms with E-state index in [2.05, 4.69) is 5.32 Å². The number of likely N-dealkylation sites (tertiary alicyclic amines) is 1. The van der Waals surface area contributed by atoms with Crippen LogP contribution in [0.25, 0.3) is 0 Å². The van der Waals surface area contributed by atoms with Gasteiger partial charge in [-0.2, -0.15) is 0 Å². The first-order chi connectivity index (χ1) is 7.41. The van der Waals surface area contributed by atoms with Crippen molar-refractivity contribution in [3.05, 3.63) is 0 Å². The monoisotopic (exact) mass is 263 g/mol. The largest absolute Gasteiger partial charge is 0.344 e. The minimum absolute atomic E-state index is 0. The lowest BCUT2D eigenvalue weighted by Crippen LogP contribution is -2.48. The Morgan fingerprint density at radius 2 is 2.18 bits per heavy atom. The molecule has 1 fully saturated rings. The highest BCUT2D eigenvalue weighted by molar-refractivity contribution is 5.90. The van der Waals surface area contributed by atoms with Crippen molar-refractivity contribution in [2.24, 2.45) is 11.7 Å². The minimum atomic E-state index is -0.515. The molecule has 0 aromatic carbocycles. The molecule has 1 unspecified atom stereocenters. The summed E-state index contributed by atoms with van der Waals surface area (Å²) in [6.07, 6.45) is 1.32. The van der Waals surface area contributed by atoms with Crippen LogP contribution in [0.2, 0.25) is 0 Å². The molecule has 1 heterocycles. The van der Waals surface area contributed by atoms with Gasteiger partial charge in [0, 0.05) is 13.6 Å². The highest BCUT2D eigenvalue weighted by Gasteiger charge is 2.31. The number of carbonyl (C=O) groups is 2. The van der Waals surface area contributed by atoms with Crippen molar-refractivity contribution in [3.63, 3.8) is 0 Å². The molecule has 0 aromatic rings. The number of nitrogens with two attached hydrogens (primary N) is 1. The predicted molar refractivity (Wildman–Crippen MR) is 68.9 cm³/mol. The summed E-state index contributed by atoms with van der Waals surface area (Å²) in [6.45, 7) is 4.73. The van der Waals surface area contributed by atoms with E-state index in [1.165, 1.54) is 0 Å². The molecular weight excluding hydrogens is 242 g/mol. The Morgan fingerprint density at radius 1 is 1.59 bits per heavy atom. The standard InChI is InChI=1S/C11H21N3O2.ClH/c1-7(2)6-8(12)10(15)13-9-4-5-14(3)11(9)16;/h7-9H,4-6,12H2,1-3H3,(H,13,15);1H/t8-,9?;/m0./s1. The highest BCUT2D eigenvalue weighted by atomic mass is 35.5. The van der Waals surface area contributed by atoms with Gasteiger partial charge in [0.05, 0.1) is 6.04 Å². The fourth-order valence-electron chi connectivity index (χ4n) is 1.85. The number of nitrogens with zero attached hydrogens (tertiary/aromatic N) is 1. The Morgan fingerprint density at radius 3 is 2.59 bits per heavy atom. The molecule has 6 heteroatoms. The lowest BCUT2D eigenvalue weighted by Gasteiger charge is -2.17. The van der Waals surface area contributed by atoms with Gasteiger partial charge < -0.3 is 16.0 Å². The van der Waals surface area contributed by atoms with E-state index in [-0.39, 0.29) is 30.3 Å². The number of rotatable bonds is 4. The van der Waals surface area contributed by atoms with Crippen LogP contribution in [0, 0.1) is 5.92 Å². The second-order valence-corrected chi connectivity index (χ2v) is 4.85. The van der Waals surface area contributed by atoms with Gasteiger partial charge in [0.1, 0.15) is 6.04 Å². The normalized spacial score (nSPS) is 21.4. The molecule has 0 saturated carbocycles. The summed E-state index contributed by atoms with van der Waals surface area (Å²) in [5, 5.41) is 2.71. The van der Waals surface area contributed by atoms with Crippen molar-refractivity contribution >= 4 is 24.2 Å². The molecule has 5 nitrogen and oxygen atoms in total. The second kappa shape index (κ2) is 6.81. The van der Waals surface area contributed by atoms with Crippen LogP contribution in [-0.4, -0.2) is 42.4 Å². The van der Waals surface area contributed by atoms with Gasteiger partial charge in [-0.1, -0.05) is 13.8 Å². The Kier molecular flexibility index (Phi) is 6.49. The van der Waals surface area contributed by atoms with Crippen LogP contribution < -0.4 is 11.1 Å². The fourth-order valence-corrected chi connectivity index (χ4v) is 1.85. The summed E-state index contributed by atoms with van der Waals surface area (Å²) in [6, 6.07) is -0.894. The molecule has 2 atom stereocenters. The minimum Gasteiger partial charge on any atom is -0.344 e. The molecule has 1 saturated heterocycles. The molecule has 0 aliphatic carbocycles. The maximum absolute atomic E-state index is 11.7. The van der Waals surface area contributed by atoms with Gasteiger partial charge in [0.25, 0.3) is 0 Å². The molecule has 1 aliphatic heterocycles. The van der Waals surface area contributed by atoms with Crippen molar-refractivity contribution in [1.82, 2.24) is 10.2 Å². The fraction of sp³-hybridized carbons (Fsp3) is 0.818.